The zero-order valence-corrected chi connectivity index (χ0v) is 23.8. The number of methoxy groups -OCH3 is 1. The molecule has 42 heavy (non-hydrogen) atoms. The van der Waals surface area contributed by atoms with Crippen LogP contribution in [0.4, 0.5) is 10.2 Å². The molecule has 6 rings (SSSR count). The van der Waals surface area contributed by atoms with Gasteiger partial charge in [0.15, 0.2) is 5.75 Å². The number of hydrogen-bond acceptors (Lipinski definition) is 10. The van der Waals surface area contributed by atoms with Crippen molar-refractivity contribution in [3.63, 3.8) is 0 Å². The van der Waals surface area contributed by atoms with Gasteiger partial charge in [-0.3, -0.25) is 14.8 Å². The second-order valence-corrected chi connectivity index (χ2v) is 10.6. The lowest BCUT2D eigenvalue weighted by Crippen LogP contribution is -2.48. The van der Waals surface area contributed by atoms with Crippen molar-refractivity contribution in [2.75, 3.05) is 64.6 Å². The van der Waals surface area contributed by atoms with Crippen molar-refractivity contribution in [1.29, 1.82) is 0 Å². The summed E-state index contributed by atoms with van der Waals surface area (Å²) in [6.07, 6.45) is 5.37. The Morgan fingerprint density at radius 1 is 1.24 bits per heavy atom. The Bertz CT molecular complexity index is 1630. The van der Waals surface area contributed by atoms with Crippen LogP contribution >= 0.6 is 11.6 Å². The molecule has 2 fully saturated rings. The molecular formula is C28H30ClFN8O4. The first-order chi connectivity index (χ1) is 20.4. The average Bonchev–Trinajstić information content (AvgIpc) is 3.67. The molecule has 0 spiro atoms. The number of nitrogens with zero attached hydrogens (tertiary/aromatic N) is 7. The van der Waals surface area contributed by atoms with Gasteiger partial charge in [-0.05, 0) is 18.6 Å². The zero-order valence-electron chi connectivity index (χ0n) is 23.1. The van der Waals surface area contributed by atoms with Gasteiger partial charge in [-0.15, -0.1) is 0 Å². The van der Waals surface area contributed by atoms with Crippen LogP contribution in [0, 0.1) is 11.7 Å². The summed E-state index contributed by atoms with van der Waals surface area (Å²) in [5.41, 5.74) is 0.809. The number of anilines is 1. The molecule has 2 aliphatic heterocycles. The number of likely N-dealkylation sites (tertiary alicyclic amines) is 1. The molecule has 1 amide bonds. The van der Waals surface area contributed by atoms with Crippen LogP contribution in [0.3, 0.4) is 0 Å². The number of aromatic nitrogens is 5. The monoisotopic (exact) mass is 596 g/mol. The van der Waals surface area contributed by atoms with E-state index in [1.54, 1.807) is 24.3 Å². The lowest BCUT2D eigenvalue weighted by Gasteiger charge is -2.35. The third-order valence-corrected chi connectivity index (χ3v) is 7.88. The number of H-pyrrole nitrogens is 1. The van der Waals surface area contributed by atoms with Crippen molar-refractivity contribution in [1.82, 2.24) is 34.9 Å². The zero-order chi connectivity index (χ0) is 29.2. The van der Waals surface area contributed by atoms with Crippen molar-refractivity contribution >= 4 is 45.1 Å². The first-order valence-corrected chi connectivity index (χ1v) is 14.0. The summed E-state index contributed by atoms with van der Waals surface area (Å²) in [4.78, 5) is 32.1. The smallest absolute Gasteiger partial charge is 0.319 e. The second-order valence-electron chi connectivity index (χ2n) is 10.3. The van der Waals surface area contributed by atoms with E-state index in [-0.39, 0.29) is 28.6 Å². The van der Waals surface area contributed by atoms with E-state index in [2.05, 4.69) is 31.6 Å². The fourth-order valence-electron chi connectivity index (χ4n) is 5.38. The van der Waals surface area contributed by atoms with E-state index in [9.17, 15) is 9.18 Å². The predicted molar refractivity (Wildman–Crippen MR) is 155 cm³/mol. The van der Waals surface area contributed by atoms with Gasteiger partial charge in [-0.2, -0.15) is 15.1 Å². The molecule has 14 heteroatoms. The van der Waals surface area contributed by atoms with Gasteiger partial charge in [0.1, 0.15) is 22.2 Å². The lowest BCUT2D eigenvalue weighted by atomic mass is 10.1. The van der Waals surface area contributed by atoms with Gasteiger partial charge in [-0.1, -0.05) is 18.2 Å². The number of amides is 1. The van der Waals surface area contributed by atoms with E-state index in [4.69, 9.17) is 35.8 Å². The van der Waals surface area contributed by atoms with Crippen LogP contribution < -0.4 is 14.4 Å². The summed E-state index contributed by atoms with van der Waals surface area (Å²) in [6.45, 7) is 8.48. The Labute approximate surface area is 246 Å². The van der Waals surface area contributed by atoms with Gasteiger partial charge < -0.3 is 24.0 Å². The molecular weight excluding hydrogens is 567 g/mol. The molecule has 2 aliphatic rings. The number of nitrogens with one attached hydrogen (secondary N) is 1. The van der Waals surface area contributed by atoms with Crippen molar-refractivity contribution in [3.05, 3.63) is 48.0 Å². The molecule has 12 nitrogen and oxygen atoms in total. The highest BCUT2D eigenvalue weighted by Gasteiger charge is 2.27. The van der Waals surface area contributed by atoms with E-state index < -0.39 is 5.82 Å². The van der Waals surface area contributed by atoms with Crippen LogP contribution in [0.1, 0.15) is 6.42 Å². The number of piperazine rings is 1. The van der Waals surface area contributed by atoms with Crippen molar-refractivity contribution in [3.8, 4) is 17.6 Å². The lowest BCUT2D eigenvalue weighted by molar-refractivity contribution is -0.126. The predicted octanol–water partition coefficient (Wildman–Crippen LogP) is 3.63. The summed E-state index contributed by atoms with van der Waals surface area (Å²) in [5.74, 6) is 0.338. The number of benzene rings is 1. The third kappa shape index (κ3) is 5.54. The fourth-order valence-corrected chi connectivity index (χ4v) is 5.58. The van der Waals surface area contributed by atoms with E-state index in [0.29, 0.717) is 73.1 Å². The number of rotatable bonds is 9. The molecule has 5 heterocycles. The maximum absolute atomic E-state index is 14.6. The second kappa shape index (κ2) is 12.0. The van der Waals surface area contributed by atoms with Crippen LogP contribution in [0.5, 0.6) is 17.6 Å². The number of halogens is 2. The highest BCUT2D eigenvalue weighted by molar-refractivity contribution is 6.33. The van der Waals surface area contributed by atoms with Gasteiger partial charge in [0, 0.05) is 64.6 Å². The third-order valence-electron chi connectivity index (χ3n) is 7.53. The summed E-state index contributed by atoms with van der Waals surface area (Å²) in [5, 5.41) is 7.69. The summed E-state index contributed by atoms with van der Waals surface area (Å²) >= 11 is 6.34. The minimum absolute atomic E-state index is 0.0730. The Morgan fingerprint density at radius 3 is 2.86 bits per heavy atom. The van der Waals surface area contributed by atoms with Crippen LogP contribution in [0.2, 0.25) is 5.02 Å². The topological polar surface area (TPSA) is 122 Å². The normalized spacial score (nSPS) is 17.7. The first-order valence-electron chi connectivity index (χ1n) is 13.6. The molecule has 1 unspecified atom stereocenters. The summed E-state index contributed by atoms with van der Waals surface area (Å²) < 4.78 is 32.2. The van der Waals surface area contributed by atoms with Crippen molar-refractivity contribution in [2.45, 2.75) is 6.42 Å². The minimum Gasteiger partial charge on any atom is -0.463 e. The molecule has 220 valence electrons. The number of hydrogen-bond donors (Lipinski definition) is 1. The standard InChI is InChI=1S/C28H30ClFN8O4/c1-3-22(39)37-8-10-38(11-9-37)26-18-4-6-31-27(42-25-19-13-32-35-21(19)12-20(30)23(25)29)24(18)33-28(34-26)41-15-17-5-7-36(14-17)16-40-2/h3-4,6,12-13,17H,1,5,7-11,14-16H2,2H3,(H,32,35). The van der Waals surface area contributed by atoms with Gasteiger partial charge in [0.05, 0.1) is 35.8 Å². The highest BCUT2D eigenvalue weighted by atomic mass is 35.5. The van der Waals surface area contributed by atoms with E-state index in [0.717, 1.165) is 19.5 Å². The SMILES string of the molecule is C=CC(=O)N1CCN(c2nc(OCC3CCN(COC)C3)nc3c(Oc4c(Cl)c(F)cc5[nH]ncc45)nccc23)CC1. The number of carbonyl (C=O) groups excluding carboxylic acids is 1. The van der Waals surface area contributed by atoms with Crippen LogP contribution in [-0.4, -0.2) is 101 Å². The van der Waals surface area contributed by atoms with Gasteiger partial charge >= 0.3 is 6.01 Å². The number of ether oxygens (including phenoxy) is 3. The molecule has 0 saturated carbocycles. The van der Waals surface area contributed by atoms with Crippen molar-refractivity contribution in [2.24, 2.45) is 5.92 Å². The fraction of sp³-hybridized carbons (Fsp3) is 0.393. The molecule has 0 radical (unpaired) electrons. The van der Waals surface area contributed by atoms with Gasteiger partial charge in [0.2, 0.25) is 11.8 Å². The Balaban J connectivity index is 1.36. The number of carbonyl (C=O) groups is 1. The Hall–Kier alpha value is -4.07. The summed E-state index contributed by atoms with van der Waals surface area (Å²) in [6, 6.07) is 3.22. The summed E-state index contributed by atoms with van der Waals surface area (Å²) in [7, 11) is 1.68. The molecule has 1 aromatic carbocycles. The van der Waals surface area contributed by atoms with Crippen molar-refractivity contribution < 1.29 is 23.4 Å². The Kier molecular flexibility index (Phi) is 8.05. The van der Waals surface area contributed by atoms with Gasteiger partial charge in [-0.25, -0.2) is 9.37 Å². The van der Waals surface area contributed by atoms with E-state index >= 15 is 0 Å². The van der Waals surface area contributed by atoms with Gasteiger partial charge in [0.25, 0.3) is 0 Å². The Morgan fingerprint density at radius 2 is 2.07 bits per heavy atom. The van der Waals surface area contributed by atoms with E-state index in [1.807, 2.05) is 0 Å². The van der Waals surface area contributed by atoms with Crippen LogP contribution in [0.15, 0.2) is 37.2 Å². The number of pyridine rings is 1. The molecule has 0 aliphatic carbocycles. The molecule has 0 bridgehead atoms. The molecule has 1 atom stereocenters. The molecule has 1 N–H and O–H groups in total. The highest BCUT2D eigenvalue weighted by Crippen LogP contribution is 2.40. The maximum atomic E-state index is 14.6. The minimum atomic E-state index is -0.658. The first kappa shape index (κ1) is 28.1. The van der Waals surface area contributed by atoms with E-state index in [1.165, 1.54) is 18.3 Å². The quantitative estimate of drug-likeness (QED) is 0.287. The van der Waals surface area contributed by atoms with Crippen LogP contribution in [-0.2, 0) is 9.53 Å². The number of aromatic amines is 1. The molecule has 4 aromatic rings. The largest absolute Gasteiger partial charge is 0.463 e. The van der Waals surface area contributed by atoms with Crippen LogP contribution in [0.25, 0.3) is 21.8 Å². The average molecular weight is 597 g/mol. The number of fused-ring (bicyclic) bond motifs is 2. The maximum Gasteiger partial charge on any atom is 0.319 e. The molecule has 2 saturated heterocycles. The molecule has 3 aromatic heterocycles.